The van der Waals surface area contributed by atoms with Crippen molar-refractivity contribution in [2.45, 2.75) is 5.38 Å². The molecule has 0 saturated heterocycles. The zero-order chi connectivity index (χ0) is 17.1. The Labute approximate surface area is 145 Å². The van der Waals surface area contributed by atoms with Crippen molar-refractivity contribution < 1.29 is 13.6 Å². The third-order valence-corrected chi connectivity index (χ3v) is 4.23. The van der Waals surface area contributed by atoms with E-state index in [1.807, 2.05) is 0 Å². The van der Waals surface area contributed by atoms with Crippen LogP contribution in [0.5, 0.6) is 0 Å². The molecule has 0 bridgehead atoms. The first-order valence-electron chi connectivity index (χ1n) is 6.83. The first-order valence-corrected chi connectivity index (χ1v) is 8.04. The van der Waals surface area contributed by atoms with Crippen LogP contribution in [0.25, 0.3) is 11.4 Å². The highest BCUT2D eigenvalue weighted by atomic mass is 35.5. The normalized spacial score (nSPS) is 12.0. The highest BCUT2D eigenvalue weighted by Gasteiger charge is 2.19. The summed E-state index contributed by atoms with van der Waals surface area (Å²) in [5.74, 6) is -0.879. The van der Waals surface area contributed by atoms with Crippen LogP contribution in [0.2, 0.25) is 0 Å². The molecule has 3 rings (SSSR count). The molecule has 1 N–H and O–H groups in total. The summed E-state index contributed by atoms with van der Waals surface area (Å²) in [6, 6.07) is 11.0. The first kappa shape index (κ1) is 16.5. The van der Waals surface area contributed by atoms with Crippen LogP contribution in [0.4, 0.5) is 13.9 Å². The summed E-state index contributed by atoms with van der Waals surface area (Å²) in [5, 5.41) is 1.85. The van der Waals surface area contributed by atoms with Gasteiger partial charge >= 0.3 is 0 Å². The number of nitrogens with zero attached hydrogens (tertiary/aromatic N) is 2. The Hall–Kier alpha value is -2.38. The van der Waals surface area contributed by atoms with Crippen LogP contribution in [-0.4, -0.2) is 15.3 Å². The number of hydrogen-bond donors (Lipinski definition) is 1. The summed E-state index contributed by atoms with van der Waals surface area (Å²) < 4.78 is 29.9. The molecule has 0 aliphatic carbocycles. The Balaban J connectivity index is 1.71. The van der Waals surface area contributed by atoms with Crippen molar-refractivity contribution in [1.82, 2.24) is 9.36 Å². The Bertz CT molecular complexity index is 853. The fourth-order valence-electron chi connectivity index (χ4n) is 1.94. The lowest BCUT2D eigenvalue weighted by molar-refractivity contribution is -0.116. The SMILES string of the molecule is O=C(Nc1nc(-c2ccc(F)cc2)ns1)C(Cl)c1ccc(F)cc1. The van der Waals surface area contributed by atoms with Crippen LogP contribution < -0.4 is 5.32 Å². The fraction of sp³-hybridized carbons (Fsp3) is 0.0625. The lowest BCUT2D eigenvalue weighted by atomic mass is 10.1. The highest BCUT2D eigenvalue weighted by molar-refractivity contribution is 7.10. The standard InChI is InChI=1S/C16H10ClF2N3OS/c17-13(9-1-5-11(18)6-2-9)15(23)21-16-20-14(22-24-16)10-3-7-12(19)8-4-10/h1-8,13H,(H,20,21,22,23). The van der Waals surface area contributed by atoms with E-state index >= 15 is 0 Å². The minimum absolute atomic E-state index is 0.270. The fourth-order valence-corrected chi connectivity index (χ4v) is 2.74. The van der Waals surface area contributed by atoms with E-state index in [9.17, 15) is 13.6 Å². The van der Waals surface area contributed by atoms with Gasteiger partial charge in [-0.2, -0.15) is 9.36 Å². The van der Waals surface area contributed by atoms with Gasteiger partial charge in [0, 0.05) is 17.1 Å². The molecule has 1 heterocycles. The van der Waals surface area contributed by atoms with Crippen LogP contribution in [0.3, 0.4) is 0 Å². The molecule has 122 valence electrons. The number of amides is 1. The summed E-state index contributed by atoms with van der Waals surface area (Å²) >= 11 is 7.07. The Kier molecular flexibility index (Phi) is 4.82. The number of rotatable bonds is 4. The minimum atomic E-state index is -0.983. The van der Waals surface area contributed by atoms with Crippen molar-refractivity contribution in [2.24, 2.45) is 0 Å². The quantitative estimate of drug-likeness (QED) is 0.697. The maximum atomic E-state index is 12.9. The number of halogens is 3. The van der Waals surface area contributed by atoms with E-state index in [4.69, 9.17) is 11.6 Å². The maximum absolute atomic E-state index is 12.9. The van der Waals surface area contributed by atoms with Gasteiger partial charge in [-0.15, -0.1) is 11.6 Å². The molecule has 0 aliphatic rings. The zero-order valence-electron chi connectivity index (χ0n) is 12.0. The number of anilines is 1. The van der Waals surface area contributed by atoms with E-state index in [2.05, 4.69) is 14.7 Å². The molecule has 0 radical (unpaired) electrons. The minimum Gasteiger partial charge on any atom is -0.299 e. The van der Waals surface area contributed by atoms with Crippen molar-refractivity contribution in [1.29, 1.82) is 0 Å². The predicted molar refractivity (Wildman–Crippen MR) is 88.9 cm³/mol. The predicted octanol–water partition coefficient (Wildman–Crippen LogP) is 4.40. The lowest BCUT2D eigenvalue weighted by Crippen LogP contribution is -2.17. The molecule has 0 fully saturated rings. The molecule has 0 spiro atoms. The topological polar surface area (TPSA) is 54.9 Å². The van der Waals surface area contributed by atoms with Crippen LogP contribution in [0.1, 0.15) is 10.9 Å². The summed E-state index contributed by atoms with van der Waals surface area (Å²) in [6.07, 6.45) is 0. The summed E-state index contributed by atoms with van der Waals surface area (Å²) in [7, 11) is 0. The first-order chi connectivity index (χ1) is 11.5. The van der Waals surface area contributed by atoms with Crippen molar-refractivity contribution in [3.05, 3.63) is 65.7 Å². The van der Waals surface area contributed by atoms with Crippen LogP contribution in [-0.2, 0) is 4.79 Å². The van der Waals surface area contributed by atoms with E-state index in [1.54, 1.807) is 12.1 Å². The van der Waals surface area contributed by atoms with Gasteiger partial charge in [0.1, 0.15) is 17.0 Å². The van der Waals surface area contributed by atoms with Crippen molar-refractivity contribution in [2.75, 3.05) is 5.32 Å². The molecule has 0 saturated carbocycles. The van der Waals surface area contributed by atoms with Crippen molar-refractivity contribution in [3.8, 4) is 11.4 Å². The van der Waals surface area contributed by atoms with E-state index in [-0.39, 0.29) is 10.9 Å². The number of nitrogens with one attached hydrogen (secondary N) is 1. The van der Waals surface area contributed by atoms with Gasteiger partial charge in [-0.25, -0.2) is 8.78 Å². The van der Waals surface area contributed by atoms with Crippen LogP contribution in [0, 0.1) is 11.6 Å². The van der Waals surface area contributed by atoms with Gasteiger partial charge in [0.2, 0.25) is 11.0 Å². The van der Waals surface area contributed by atoms with Gasteiger partial charge in [0.15, 0.2) is 5.82 Å². The molecule has 1 atom stereocenters. The smallest absolute Gasteiger partial charge is 0.248 e. The molecule has 1 amide bonds. The Morgan fingerprint density at radius 3 is 2.25 bits per heavy atom. The average Bonchev–Trinajstić information content (AvgIpc) is 3.04. The Morgan fingerprint density at radius 2 is 1.62 bits per heavy atom. The van der Waals surface area contributed by atoms with Gasteiger partial charge < -0.3 is 0 Å². The second-order valence-electron chi connectivity index (χ2n) is 4.83. The van der Waals surface area contributed by atoms with E-state index in [1.165, 1.54) is 36.4 Å². The third-order valence-electron chi connectivity index (χ3n) is 3.15. The van der Waals surface area contributed by atoms with E-state index in [0.717, 1.165) is 11.5 Å². The van der Waals surface area contributed by atoms with Gasteiger partial charge in [-0.05, 0) is 42.0 Å². The van der Waals surface area contributed by atoms with E-state index in [0.29, 0.717) is 17.0 Å². The van der Waals surface area contributed by atoms with Gasteiger partial charge in [-0.3, -0.25) is 10.1 Å². The number of alkyl halides is 1. The monoisotopic (exact) mass is 365 g/mol. The zero-order valence-corrected chi connectivity index (χ0v) is 13.6. The number of hydrogen-bond acceptors (Lipinski definition) is 4. The molecule has 3 aromatic rings. The number of carbonyl (C=O) groups excluding carboxylic acids is 1. The second kappa shape index (κ2) is 7.02. The Morgan fingerprint density at radius 1 is 1.04 bits per heavy atom. The number of benzene rings is 2. The number of carbonyl (C=O) groups is 1. The molecule has 2 aromatic carbocycles. The van der Waals surface area contributed by atoms with Crippen LogP contribution in [0.15, 0.2) is 48.5 Å². The summed E-state index contributed by atoms with van der Waals surface area (Å²) in [5.41, 5.74) is 1.10. The lowest BCUT2D eigenvalue weighted by Gasteiger charge is -2.08. The van der Waals surface area contributed by atoms with Gasteiger partial charge in [0.25, 0.3) is 0 Å². The maximum Gasteiger partial charge on any atom is 0.248 e. The van der Waals surface area contributed by atoms with Gasteiger partial charge in [0.05, 0.1) is 0 Å². The summed E-state index contributed by atoms with van der Waals surface area (Å²) in [4.78, 5) is 16.3. The largest absolute Gasteiger partial charge is 0.299 e. The molecule has 24 heavy (non-hydrogen) atoms. The van der Waals surface area contributed by atoms with Crippen molar-refractivity contribution >= 4 is 34.2 Å². The molecule has 4 nitrogen and oxygen atoms in total. The highest BCUT2D eigenvalue weighted by Crippen LogP contribution is 2.25. The van der Waals surface area contributed by atoms with Crippen LogP contribution >= 0.6 is 23.1 Å². The molecular formula is C16H10ClF2N3OS. The van der Waals surface area contributed by atoms with E-state index < -0.39 is 17.1 Å². The second-order valence-corrected chi connectivity index (χ2v) is 6.02. The third kappa shape index (κ3) is 3.74. The average molecular weight is 366 g/mol. The van der Waals surface area contributed by atoms with Gasteiger partial charge in [-0.1, -0.05) is 12.1 Å². The number of aromatic nitrogens is 2. The molecule has 0 aliphatic heterocycles. The molecule has 8 heteroatoms. The summed E-state index contributed by atoms with van der Waals surface area (Å²) in [6.45, 7) is 0. The molecule has 1 unspecified atom stereocenters. The van der Waals surface area contributed by atoms with Crippen molar-refractivity contribution in [3.63, 3.8) is 0 Å². The molecule has 1 aromatic heterocycles. The molecular weight excluding hydrogens is 356 g/mol.